The summed E-state index contributed by atoms with van der Waals surface area (Å²) in [6, 6.07) is 15.6. The number of nitrogens with one attached hydrogen (secondary N) is 3. The zero-order valence-corrected chi connectivity index (χ0v) is 20.4. The van der Waals surface area contributed by atoms with Crippen LogP contribution in [0.1, 0.15) is 18.2 Å². The van der Waals surface area contributed by atoms with Gasteiger partial charge in [-0.2, -0.15) is 5.26 Å². The van der Waals surface area contributed by atoms with Crippen LogP contribution in [-0.2, 0) is 11.3 Å². The summed E-state index contributed by atoms with van der Waals surface area (Å²) in [5, 5.41) is 19.0. The normalized spacial score (nSPS) is 13.5. The Bertz CT molecular complexity index is 1250. The van der Waals surface area contributed by atoms with Crippen molar-refractivity contribution in [2.24, 2.45) is 0 Å². The number of pyridine rings is 2. The zero-order chi connectivity index (χ0) is 25.3. The first-order chi connectivity index (χ1) is 17.6. The van der Waals surface area contributed by atoms with Crippen LogP contribution in [-0.4, -0.2) is 53.5 Å². The summed E-state index contributed by atoms with van der Waals surface area (Å²) < 4.78 is 0. The van der Waals surface area contributed by atoms with Crippen LogP contribution in [0.5, 0.6) is 0 Å². The molecule has 3 N–H and O–H groups in total. The first kappa shape index (κ1) is 24.7. The van der Waals surface area contributed by atoms with E-state index in [0.29, 0.717) is 35.0 Å². The van der Waals surface area contributed by atoms with Crippen molar-refractivity contribution >= 4 is 34.5 Å². The highest BCUT2D eigenvalue weighted by atomic mass is 16.1. The molecule has 4 rings (SSSR count). The maximum Gasteiger partial charge on any atom is 0.247 e. The Labute approximate surface area is 211 Å². The molecule has 3 aromatic rings. The lowest BCUT2D eigenvalue weighted by Crippen LogP contribution is -2.46. The third-order valence-electron chi connectivity index (χ3n) is 6.10. The van der Waals surface area contributed by atoms with Crippen molar-refractivity contribution < 1.29 is 4.79 Å². The molecule has 0 unspecified atom stereocenters. The maximum atomic E-state index is 12.2. The standard InChI is InChI=1S/C27H30N8O/c1-3-27(36)33-25-15-22(35-13-11-34(4-2)12-14-35)8-9-23(25)32-26-16-24(20(17-28)18-31-26)30-19-21-7-5-6-10-29-21/h3,5-10,15-16,18H,1,4,11-14,19H2,2H3,(H,33,36)(H2,30,31,32). The van der Waals surface area contributed by atoms with Crippen LogP contribution in [0.2, 0.25) is 0 Å². The first-order valence-electron chi connectivity index (χ1n) is 11.9. The van der Waals surface area contributed by atoms with E-state index in [2.05, 4.69) is 55.3 Å². The molecule has 1 aromatic carbocycles. The topological polar surface area (TPSA) is 109 Å². The van der Waals surface area contributed by atoms with E-state index < -0.39 is 0 Å². The van der Waals surface area contributed by atoms with Crippen molar-refractivity contribution in [3.63, 3.8) is 0 Å². The molecule has 1 fully saturated rings. The lowest BCUT2D eigenvalue weighted by Gasteiger charge is -2.35. The fourth-order valence-electron chi connectivity index (χ4n) is 4.03. The Hall–Kier alpha value is -4.42. The minimum absolute atomic E-state index is 0.295. The van der Waals surface area contributed by atoms with E-state index in [9.17, 15) is 10.1 Å². The average molecular weight is 483 g/mol. The third-order valence-corrected chi connectivity index (χ3v) is 6.10. The fraction of sp³-hybridized carbons (Fsp3) is 0.259. The lowest BCUT2D eigenvalue weighted by molar-refractivity contribution is -0.111. The zero-order valence-electron chi connectivity index (χ0n) is 20.4. The molecular formula is C27H30N8O. The highest BCUT2D eigenvalue weighted by molar-refractivity contribution is 6.02. The summed E-state index contributed by atoms with van der Waals surface area (Å²) >= 11 is 0. The quantitative estimate of drug-likeness (QED) is 0.393. The van der Waals surface area contributed by atoms with Gasteiger partial charge in [-0.1, -0.05) is 19.6 Å². The molecule has 1 aliphatic rings. The van der Waals surface area contributed by atoms with E-state index in [1.807, 2.05) is 36.4 Å². The molecule has 3 heterocycles. The molecule has 0 saturated carbocycles. The summed E-state index contributed by atoms with van der Waals surface area (Å²) in [6.07, 6.45) is 4.50. The van der Waals surface area contributed by atoms with Gasteiger partial charge in [0, 0.05) is 50.3 Å². The number of piperazine rings is 1. The molecule has 1 aliphatic heterocycles. The van der Waals surface area contributed by atoms with E-state index in [1.54, 1.807) is 12.3 Å². The molecular weight excluding hydrogens is 452 g/mol. The molecule has 0 aliphatic carbocycles. The van der Waals surface area contributed by atoms with Crippen LogP contribution in [0.25, 0.3) is 0 Å². The first-order valence-corrected chi connectivity index (χ1v) is 11.9. The van der Waals surface area contributed by atoms with E-state index in [-0.39, 0.29) is 5.91 Å². The number of rotatable bonds is 9. The fourth-order valence-corrected chi connectivity index (χ4v) is 4.03. The van der Waals surface area contributed by atoms with Crippen molar-refractivity contribution in [1.82, 2.24) is 14.9 Å². The minimum atomic E-state index is -0.295. The lowest BCUT2D eigenvalue weighted by atomic mass is 10.2. The molecule has 0 atom stereocenters. The summed E-state index contributed by atoms with van der Waals surface area (Å²) in [6.45, 7) is 11.1. The smallest absolute Gasteiger partial charge is 0.247 e. The number of carbonyl (C=O) groups excluding carboxylic acids is 1. The molecule has 1 amide bonds. The Morgan fingerprint density at radius 3 is 2.64 bits per heavy atom. The molecule has 0 radical (unpaired) electrons. The predicted octanol–water partition coefficient (Wildman–Crippen LogP) is 3.97. The Balaban J connectivity index is 1.56. The van der Waals surface area contributed by atoms with Gasteiger partial charge < -0.3 is 25.8 Å². The predicted molar refractivity (Wildman–Crippen MR) is 143 cm³/mol. The van der Waals surface area contributed by atoms with Gasteiger partial charge in [0.15, 0.2) is 0 Å². The Morgan fingerprint density at radius 2 is 1.94 bits per heavy atom. The summed E-state index contributed by atoms with van der Waals surface area (Å²) in [7, 11) is 0. The van der Waals surface area contributed by atoms with Crippen molar-refractivity contribution in [1.29, 1.82) is 5.26 Å². The largest absolute Gasteiger partial charge is 0.378 e. The third kappa shape index (κ3) is 6.17. The molecule has 0 bridgehead atoms. The second-order valence-corrected chi connectivity index (χ2v) is 8.37. The van der Waals surface area contributed by atoms with Crippen molar-refractivity contribution in [2.75, 3.05) is 53.6 Å². The number of likely N-dealkylation sites (N-methyl/N-ethyl adjacent to an activating group) is 1. The molecule has 2 aromatic heterocycles. The second-order valence-electron chi connectivity index (χ2n) is 8.37. The van der Waals surface area contributed by atoms with Crippen LogP contribution in [0.15, 0.2) is 67.5 Å². The molecule has 184 valence electrons. The van der Waals surface area contributed by atoms with E-state index >= 15 is 0 Å². The SMILES string of the molecule is C=CC(=O)Nc1cc(N2CCN(CC)CC2)ccc1Nc1cc(NCc2ccccn2)c(C#N)cn1. The monoisotopic (exact) mass is 482 g/mol. The number of anilines is 5. The van der Waals surface area contributed by atoms with E-state index in [4.69, 9.17) is 0 Å². The van der Waals surface area contributed by atoms with Gasteiger partial charge in [-0.15, -0.1) is 0 Å². The van der Waals surface area contributed by atoms with Crippen molar-refractivity contribution in [3.05, 3.63) is 78.8 Å². The van der Waals surface area contributed by atoms with Gasteiger partial charge in [0.05, 0.1) is 34.9 Å². The van der Waals surface area contributed by atoms with Gasteiger partial charge in [0.25, 0.3) is 0 Å². The van der Waals surface area contributed by atoms with Crippen molar-refractivity contribution in [2.45, 2.75) is 13.5 Å². The summed E-state index contributed by atoms with van der Waals surface area (Å²) in [5.74, 6) is 0.243. The van der Waals surface area contributed by atoms with Gasteiger partial charge in [0.1, 0.15) is 11.9 Å². The number of aromatic nitrogens is 2. The molecule has 0 spiro atoms. The van der Waals surface area contributed by atoms with Gasteiger partial charge >= 0.3 is 0 Å². The number of hydrogen-bond acceptors (Lipinski definition) is 8. The number of nitrogens with zero attached hydrogens (tertiary/aromatic N) is 5. The molecule has 1 saturated heterocycles. The highest BCUT2D eigenvalue weighted by Gasteiger charge is 2.18. The Morgan fingerprint density at radius 1 is 1.11 bits per heavy atom. The number of benzene rings is 1. The van der Waals surface area contributed by atoms with Crippen LogP contribution >= 0.6 is 0 Å². The van der Waals surface area contributed by atoms with Crippen LogP contribution in [0, 0.1) is 11.3 Å². The van der Waals surface area contributed by atoms with Gasteiger partial charge in [-0.05, 0) is 43.0 Å². The van der Waals surface area contributed by atoms with Crippen LogP contribution in [0.4, 0.5) is 28.6 Å². The molecule has 36 heavy (non-hydrogen) atoms. The Kier molecular flexibility index (Phi) is 8.11. The summed E-state index contributed by atoms with van der Waals surface area (Å²) in [5.41, 5.74) is 4.29. The number of nitriles is 1. The van der Waals surface area contributed by atoms with Crippen LogP contribution in [0.3, 0.4) is 0 Å². The number of carbonyl (C=O) groups is 1. The maximum absolute atomic E-state index is 12.2. The van der Waals surface area contributed by atoms with Crippen molar-refractivity contribution in [3.8, 4) is 6.07 Å². The van der Waals surface area contributed by atoms with E-state index in [0.717, 1.165) is 44.1 Å². The van der Waals surface area contributed by atoms with Gasteiger partial charge in [-0.25, -0.2) is 4.98 Å². The average Bonchev–Trinajstić information content (AvgIpc) is 2.93. The summed E-state index contributed by atoms with van der Waals surface area (Å²) in [4.78, 5) is 25.6. The van der Waals surface area contributed by atoms with Gasteiger partial charge in [-0.3, -0.25) is 9.78 Å². The van der Waals surface area contributed by atoms with Crippen LogP contribution < -0.4 is 20.9 Å². The number of amides is 1. The molecule has 9 heteroatoms. The highest BCUT2D eigenvalue weighted by Crippen LogP contribution is 2.31. The van der Waals surface area contributed by atoms with E-state index in [1.165, 1.54) is 12.3 Å². The molecule has 9 nitrogen and oxygen atoms in total. The second kappa shape index (κ2) is 11.8. The minimum Gasteiger partial charge on any atom is -0.378 e. The van der Waals surface area contributed by atoms with Gasteiger partial charge in [0.2, 0.25) is 5.91 Å². The number of hydrogen-bond donors (Lipinski definition) is 3.